The first kappa shape index (κ1) is 15.9. The van der Waals surface area contributed by atoms with Gasteiger partial charge in [0.25, 0.3) is 5.91 Å². The molecule has 4 rings (SSSR count). The topological polar surface area (TPSA) is 74.6 Å². The lowest BCUT2D eigenvalue weighted by atomic mass is 9.86. The number of nitrogens with one attached hydrogen (secondary N) is 2. The number of fused-ring (bicyclic) bond motifs is 2. The van der Waals surface area contributed by atoms with Crippen LogP contribution in [0, 0.1) is 12.8 Å². The van der Waals surface area contributed by atoms with Crippen LogP contribution in [-0.4, -0.2) is 35.3 Å². The predicted octanol–water partition coefficient (Wildman–Crippen LogP) is 2.16. The van der Waals surface area contributed by atoms with E-state index in [0.29, 0.717) is 30.9 Å². The highest BCUT2D eigenvalue weighted by molar-refractivity contribution is 6.06. The average molecular weight is 339 g/mol. The van der Waals surface area contributed by atoms with E-state index in [-0.39, 0.29) is 17.7 Å². The van der Waals surface area contributed by atoms with Crippen molar-refractivity contribution in [3.05, 3.63) is 53.5 Å². The van der Waals surface area contributed by atoms with E-state index in [2.05, 4.69) is 15.5 Å². The zero-order chi connectivity index (χ0) is 17.6. The number of nitrogens with zero attached hydrogens (tertiary/aromatic N) is 1. The summed E-state index contributed by atoms with van der Waals surface area (Å²) in [7, 11) is 0. The molecule has 0 aliphatic carbocycles. The van der Waals surface area contributed by atoms with Gasteiger partial charge in [-0.2, -0.15) is 0 Å². The second kappa shape index (κ2) is 5.74. The van der Waals surface area contributed by atoms with Crippen LogP contribution in [0.2, 0.25) is 0 Å². The third-order valence-electron chi connectivity index (χ3n) is 5.08. The molecule has 6 heteroatoms. The van der Waals surface area contributed by atoms with Gasteiger partial charge in [-0.1, -0.05) is 12.1 Å². The molecule has 0 unspecified atom stereocenters. The van der Waals surface area contributed by atoms with Gasteiger partial charge in [0.15, 0.2) is 0 Å². The quantitative estimate of drug-likeness (QED) is 0.879. The Hall–Kier alpha value is -2.60. The van der Waals surface area contributed by atoms with Crippen LogP contribution >= 0.6 is 0 Å². The van der Waals surface area contributed by atoms with Crippen LogP contribution in [0.25, 0.3) is 0 Å². The lowest BCUT2D eigenvalue weighted by Gasteiger charge is -2.33. The number of hydrogen-bond donors (Lipinski definition) is 2. The van der Waals surface area contributed by atoms with Crippen molar-refractivity contribution in [3.63, 3.8) is 0 Å². The van der Waals surface area contributed by atoms with E-state index in [1.807, 2.05) is 32.0 Å². The number of furan rings is 1. The van der Waals surface area contributed by atoms with Crippen LogP contribution in [0.5, 0.6) is 0 Å². The van der Waals surface area contributed by atoms with Crippen LogP contribution < -0.4 is 10.6 Å². The van der Waals surface area contributed by atoms with Gasteiger partial charge in [-0.15, -0.1) is 0 Å². The summed E-state index contributed by atoms with van der Waals surface area (Å²) in [5.74, 6) is 1.20. The number of anilines is 1. The lowest BCUT2D eigenvalue weighted by molar-refractivity contribution is -0.121. The van der Waals surface area contributed by atoms with Gasteiger partial charge < -0.3 is 15.1 Å². The Balaban J connectivity index is 1.61. The van der Waals surface area contributed by atoms with Gasteiger partial charge in [0.1, 0.15) is 11.5 Å². The Morgan fingerprint density at radius 3 is 2.80 bits per heavy atom. The fraction of sp³-hybridized carbons (Fsp3) is 0.368. The molecule has 2 aromatic rings. The van der Waals surface area contributed by atoms with Crippen LogP contribution in [-0.2, 0) is 11.3 Å². The van der Waals surface area contributed by atoms with Crippen molar-refractivity contribution in [2.45, 2.75) is 25.9 Å². The molecule has 0 bridgehead atoms. The largest absolute Gasteiger partial charge is 0.465 e. The van der Waals surface area contributed by atoms with Crippen molar-refractivity contribution < 1.29 is 14.0 Å². The molecule has 25 heavy (non-hydrogen) atoms. The minimum atomic E-state index is -0.615. The van der Waals surface area contributed by atoms with Crippen molar-refractivity contribution >= 4 is 17.5 Å². The minimum Gasteiger partial charge on any atom is -0.465 e. The number of para-hydroxylation sites is 1. The van der Waals surface area contributed by atoms with Crippen LogP contribution in [0.1, 0.15) is 28.8 Å². The maximum Gasteiger partial charge on any atom is 0.253 e. The van der Waals surface area contributed by atoms with Crippen LogP contribution in [0.4, 0.5) is 5.69 Å². The van der Waals surface area contributed by atoms with Crippen molar-refractivity contribution in [3.8, 4) is 0 Å². The molecule has 1 aromatic carbocycles. The van der Waals surface area contributed by atoms with Crippen molar-refractivity contribution in [1.82, 2.24) is 10.2 Å². The predicted molar refractivity (Wildman–Crippen MR) is 93.2 cm³/mol. The molecule has 2 N–H and O–H groups in total. The van der Waals surface area contributed by atoms with E-state index < -0.39 is 5.54 Å². The summed E-state index contributed by atoms with van der Waals surface area (Å²) in [5, 5.41) is 6.02. The molecule has 2 atom stereocenters. The molecule has 0 saturated carbocycles. The molecule has 1 fully saturated rings. The summed E-state index contributed by atoms with van der Waals surface area (Å²) in [6, 6.07) is 11.0. The van der Waals surface area contributed by atoms with Gasteiger partial charge in [0.05, 0.1) is 29.3 Å². The van der Waals surface area contributed by atoms with E-state index in [0.717, 1.165) is 11.5 Å². The van der Waals surface area contributed by atoms with E-state index >= 15 is 0 Å². The SMILES string of the molecule is Cc1ccc(CN2C[C@H]3C(=O)Nc4ccccc4C(=O)N[C@@]3(C)C2)o1. The molecule has 1 saturated heterocycles. The monoisotopic (exact) mass is 339 g/mol. The lowest BCUT2D eigenvalue weighted by Crippen LogP contribution is -2.56. The van der Waals surface area contributed by atoms with E-state index in [1.165, 1.54) is 0 Å². The van der Waals surface area contributed by atoms with Gasteiger partial charge in [-0.05, 0) is 38.1 Å². The van der Waals surface area contributed by atoms with Gasteiger partial charge in [0.2, 0.25) is 5.91 Å². The zero-order valence-electron chi connectivity index (χ0n) is 14.3. The number of rotatable bonds is 2. The first-order valence-electron chi connectivity index (χ1n) is 8.45. The Morgan fingerprint density at radius 1 is 1.24 bits per heavy atom. The molecule has 2 amide bonds. The number of benzene rings is 1. The Labute approximate surface area is 146 Å². The highest BCUT2D eigenvalue weighted by Gasteiger charge is 2.49. The number of hydrogen-bond acceptors (Lipinski definition) is 4. The average Bonchev–Trinajstić information content (AvgIpc) is 3.10. The highest BCUT2D eigenvalue weighted by Crippen LogP contribution is 2.33. The van der Waals surface area contributed by atoms with Crippen molar-refractivity contribution in [2.24, 2.45) is 5.92 Å². The van der Waals surface area contributed by atoms with E-state index in [9.17, 15) is 9.59 Å². The smallest absolute Gasteiger partial charge is 0.253 e. The second-order valence-electron chi connectivity index (χ2n) is 7.14. The fourth-order valence-corrected chi connectivity index (χ4v) is 3.85. The third-order valence-corrected chi connectivity index (χ3v) is 5.08. The van der Waals surface area contributed by atoms with Gasteiger partial charge in [-0.3, -0.25) is 14.5 Å². The molecule has 0 spiro atoms. The molecule has 6 nitrogen and oxygen atoms in total. The summed E-state index contributed by atoms with van der Waals surface area (Å²) in [6.07, 6.45) is 0. The molecule has 2 aliphatic heterocycles. The number of amides is 2. The van der Waals surface area contributed by atoms with Gasteiger partial charge in [0, 0.05) is 13.1 Å². The Morgan fingerprint density at radius 2 is 2.04 bits per heavy atom. The third kappa shape index (κ3) is 2.82. The van der Waals surface area contributed by atoms with Gasteiger partial charge >= 0.3 is 0 Å². The summed E-state index contributed by atoms with van der Waals surface area (Å²) in [5.41, 5.74) is 0.443. The van der Waals surface area contributed by atoms with Crippen molar-refractivity contribution in [2.75, 3.05) is 18.4 Å². The summed E-state index contributed by atoms with van der Waals surface area (Å²) < 4.78 is 5.65. The number of carbonyl (C=O) groups excluding carboxylic acids is 2. The minimum absolute atomic E-state index is 0.0620. The highest BCUT2D eigenvalue weighted by atomic mass is 16.3. The standard InChI is InChI=1S/C19H21N3O3/c1-12-7-8-13(25-12)9-22-10-15-18(24)20-16-6-4-3-5-14(16)17(23)21-19(15,2)11-22/h3-8,15H,9-11H2,1-2H3,(H,20,24)(H,21,23)/t15-,19-/m0/s1. The molecule has 2 aliphatic rings. The molecule has 1 aromatic heterocycles. The number of carbonyl (C=O) groups is 2. The fourth-order valence-electron chi connectivity index (χ4n) is 3.85. The summed E-state index contributed by atoms with van der Waals surface area (Å²) >= 11 is 0. The summed E-state index contributed by atoms with van der Waals surface area (Å²) in [6.45, 7) is 5.64. The number of aryl methyl sites for hydroxylation is 1. The maximum absolute atomic E-state index is 12.8. The normalized spacial score (nSPS) is 26.2. The molecular weight excluding hydrogens is 318 g/mol. The first-order chi connectivity index (χ1) is 11.9. The zero-order valence-corrected chi connectivity index (χ0v) is 14.3. The molecule has 0 radical (unpaired) electrons. The molecular formula is C19H21N3O3. The first-order valence-corrected chi connectivity index (χ1v) is 8.45. The van der Waals surface area contributed by atoms with Crippen LogP contribution in [0.3, 0.4) is 0 Å². The molecule has 130 valence electrons. The Kier molecular flexibility index (Phi) is 3.65. The summed E-state index contributed by atoms with van der Waals surface area (Å²) in [4.78, 5) is 27.6. The van der Waals surface area contributed by atoms with Gasteiger partial charge in [-0.25, -0.2) is 0 Å². The van der Waals surface area contributed by atoms with Crippen LogP contribution in [0.15, 0.2) is 40.8 Å². The van der Waals surface area contributed by atoms with Crippen molar-refractivity contribution in [1.29, 1.82) is 0 Å². The molecule has 3 heterocycles. The van der Waals surface area contributed by atoms with E-state index in [1.54, 1.807) is 18.2 Å². The maximum atomic E-state index is 12.8. The Bertz CT molecular complexity index is 844. The van der Waals surface area contributed by atoms with E-state index in [4.69, 9.17) is 4.42 Å². The number of likely N-dealkylation sites (tertiary alicyclic amines) is 1. The second-order valence-corrected chi connectivity index (χ2v) is 7.14.